The number of nitrogen functional groups attached to an aromatic ring is 1. The number of rotatable bonds is 4. The molecule has 0 amide bonds. The molecule has 2 heterocycles. The van der Waals surface area contributed by atoms with Gasteiger partial charge in [0.05, 0.1) is 12.8 Å². The number of hydrogen-bond donors (Lipinski definition) is 1. The number of thiophene rings is 1. The van der Waals surface area contributed by atoms with Crippen LogP contribution in [-0.2, 0) is 12.8 Å². The number of carbonyl (C=O) groups excluding carboxylic acids is 1. The second-order valence-corrected chi connectivity index (χ2v) is 8.71. The summed E-state index contributed by atoms with van der Waals surface area (Å²) in [4.78, 5) is 19.3. The fourth-order valence-electron chi connectivity index (χ4n) is 4.28. The predicted octanol–water partition coefficient (Wildman–Crippen LogP) is 5.80. The highest BCUT2D eigenvalue weighted by Crippen LogP contribution is 2.44. The van der Waals surface area contributed by atoms with Gasteiger partial charge in [-0.25, -0.2) is 9.37 Å². The summed E-state index contributed by atoms with van der Waals surface area (Å²) in [5, 5.41) is 0.835. The van der Waals surface area contributed by atoms with Crippen LogP contribution in [0.15, 0.2) is 48.5 Å². The third-order valence-corrected chi connectivity index (χ3v) is 6.94. The molecule has 2 N–H and O–H groups in total. The largest absolute Gasteiger partial charge is 0.497 e. The molecule has 0 aliphatic heterocycles. The van der Waals surface area contributed by atoms with Gasteiger partial charge in [-0.1, -0.05) is 12.1 Å². The summed E-state index contributed by atoms with van der Waals surface area (Å²) >= 11 is 1.32. The molecule has 6 heteroatoms. The van der Waals surface area contributed by atoms with Crippen LogP contribution < -0.4 is 10.5 Å². The van der Waals surface area contributed by atoms with Crippen molar-refractivity contribution < 1.29 is 13.9 Å². The smallest absolute Gasteiger partial charge is 0.205 e. The number of aryl methyl sites for hydroxylation is 1. The quantitative estimate of drug-likeness (QED) is 0.414. The second kappa shape index (κ2) is 7.78. The Hall–Kier alpha value is -3.25. The molecule has 0 bridgehead atoms. The number of anilines is 1. The number of methoxy groups -OCH3 is 1. The first-order chi connectivity index (χ1) is 15.1. The molecule has 31 heavy (non-hydrogen) atoms. The SMILES string of the molecule is COc1ccc(-c2c3c(nc4sc(C(=O)c5ccc(F)cc5)c(N)c24)CCCC3)cc1. The lowest BCUT2D eigenvalue weighted by Gasteiger charge is -2.20. The summed E-state index contributed by atoms with van der Waals surface area (Å²) < 4.78 is 18.6. The monoisotopic (exact) mass is 432 g/mol. The Balaban J connectivity index is 1.74. The van der Waals surface area contributed by atoms with Gasteiger partial charge in [0.15, 0.2) is 0 Å². The summed E-state index contributed by atoms with van der Waals surface area (Å²) in [5.41, 5.74) is 11.9. The van der Waals surface area contributed by atoms with E-state index in [-0.39, 0.29) is 11.6 Å². The van der Waals surface area contributed by atoms with E-state index in [0.717, 1.165) is 58.5 Å². The summed E-state index contributed by atoms with van der Waals surface area (Å²) in [5.74, 6) is 0.199. The molecule has 1 aliphatic rings. The summed E-state index contributed by atoms with van der Waals surface area (Å²) in [6, 6.07) is 13.5. The van der Waals surface area contributed by atoms with Crippen molar-refractivity contribution in [3.8, 4) is 16.9 Å². The van der Waals surface area contributed by atoms with Crippen LogP contribution in [0.25, 0.3) is 21.3 Å². The number of halogens is 1. The summed E-state index contributed by atoms with van der Waals surface area (Å²) in [6.07, 6.45) is 4.08. The predicted molar refractivity (Wildman–Crippen MR) is 122 cm³/mol. The lowest BCUT2D eigenvalue weighted by atomic mass is 9.87. The van der Waals surface area contributed by atoms with Crippen molar-refractivity contribution in [1.82, 2.24) is 4.98 Å². The van der Waals surface area contributed by atoms with E-state index < -0.39 is 0 Å². The molecule has 0 fully saturated rings. The topological polar surface area (TPSA) is 65.2 Å². The summed E-state index contributed by atoms with van der Waals surface area (Å²) in [6.45, 7) is 0. The molecular formula is C25H21FN2O2S. The highest BCUT2D eigenvalue weighted by Gasteiger charge is 2.26. The molecule has 0 unspecified atom stereocenters. The first-order valence-corrected chi connectivity index (χ1v) is 11.1. The standard InChI is InChI=1S/C25H21FN2O2S/c1-30-17-12-8-14(9-13-17)20-18-4-2-3-5-19(18)28-25-21(20)22(27)24(31-25)23(29)15-6-10-16(26)11-7-15/h6-13H,2-5,27H2,1H3. The molecular weight excluding hydrogens is 411 g/mol. The zero-order chi connectivity index (χ0) is 21.5. The number of ether oxygens (including phenoxy) is 1. The van der Waals surface area contributed by atoms with E-state index in [4.69, 9.17) is 15.5 Å². The molecule has 0 saturated heterocycles. The van der Waals surface area contributed by atoms with Crippen LogP contribution in [0.2, 0.25) is 0 Å². The van der Waals surface area contributed by atoms with Crippen molar-refractivity contribution in [1.29, 1.82) is 0 Å². The molecule has 0 radical (unpaired) electrons. The second-order valence-electron chi connectivity index (χ2n) is 7.71. The normalized spacial score (nSPS) is 13.2. The Morgan fingerprint density at radius 3 is 2.48 bits per heavy atom. The number of hydrogen-bond acceptors (Lipinski definition) is 5. The van der Waals surface area contributed by atoms with Gasteiger partial charge in [-0.05, 0) is 78.8 Å². The number of nitrogens with zero attached hydrogens (tertiary/aromatic N) is 1. The lowest BCUT2D eigenvalue weighted by Crippen LogP contribution is -2.08. The minimum Gasteiger partial charge on any atom is -0.497 e. The van der Waals surface area contributed by atoms with Gasteiger partial charge in [-0.3, -0.25) is 4.79 Å². The number of pyridine rings is 1. The zero-order valence-electron chi connectivity index (χ0n) is 17.1. The number of benzene rings is 2. The van der Waals surface area contributed by atoms with Crippen molar-refractivity contribution in [2.75, 3.05) is 12.8 Å². The first-order valence-electron chi connectivity index (χ1n) is 10.2. The Labute approximate surface area is 183 Å². The molecule has 1 aliphatic carbocycles. The third-order valence-electron chi connectivity index (χ3n) is 5.84. The Morgan fingerprint density at radius 2 is 1.77 bits per heavy atom. The van der Waals surface area contributed by atoms with Gasteiger partial charge >= 0.3 is 0 Å². The fraction of sp³-hybridized carbons (Fsp3) is 0.200. The van der Waals surface area contributed by atoms with E-state index >= 15 is 0 Å². The van der Waals surface area contributed by atoms with Crippen LogP contribution in [-0.4, -0.2) is 17.9 Å². The van der Waals surface area contributed by atoms with Gasteiger partial charge in [0, 0.05) is 16.6 Å². The Kier molecular flexibility index (Phi) is 4.94. The van der Waals surface area contributed by atoms with Crippen LogP contribution >= 0.6 is 11.3 Å². The van der Waals surface area contributed by atoms with Crippen molar-refractivity contribution in [3.63, 3.8) is 0 Å². The van der Waals surface area contributed by atoms with Gasteiger partial charge in [0.2, 0.25) is 5.78 Å². The van der Waals surface area contributed by atoms with Gasteiger partial charge < -0.3 is 10.5 Å². The Bertz CT molecular complexity index is 1290. The number of carbonyl (C=O) groups is 1. The van der Waals surface area contributed by atoms with Crippen molar-refractivity contribution >= 4 is 33.0 Å². The summed E-state index contributed by atoms with van der Waals surface area (Å²) in [7, 11) is 1.64. The maximum absolute atomic E-state index is 13.3. The molecule has 4 nitrogen and oxygen atoms in total. The number of fused-ring (bicyclic) bond motifs is 2. The molecule has 0 spiro atoms. The van der Waals surface area contributed by atoms with Crippen LogP contribution in [0.5, 0.6) is 5.75 Å². The maximum atomic E-state index is 13.3. The minimum absolute atomic E-state index is 0.209. The van der Waals surface area contributed by atoms with Crippen molar-refractivity contribution in [3.05, 3.63) is 76.0 Å². The third kappa shape index (κ3) is 3.37. The van der Waals surface area contributed by atoms with Crippen LogP contribution in [0.4, 0.5) is 10.1 Å². The van der Waals surface area contributed by atoms with E-state index in [9.17, 15) is 9.18 Å². The molecule has 4 aromatic rings. The number of ketones is 1. The van der Waals surface area contributed by atoms with Gasteiger partial charge in [-0.2, -0.15) is 0 Å². The molecule has 2 aromatic heterocycles. The van der Waals surface area contributed by atoms with Crippen LogP contribution in [0, 0.1) is 5.82 Å². The van der Waals surface area contributed by atoms with Gasteiger partial charge in [-0.15, -0.1) is 11.3 Å². The van der Waals surface area contributed by atoms with E-state index in [1.807, 2.05) is 24.3 Å². The average Bonchev–Trinajstić information content (AvgIpc) is 3.13. The fourth-order valence-corrected chi connectivity index (χ4v) is 5.37. The highest BCUT2D eigenvalue weighted by atomic mass is 32.1. The zero-order valence-corrected chi connectivity index (χ0v) is 17.9. The highest BCUT2D eigenvalue weighted by molar-refractivity contribution is 7.21. The van der Waals surface area contributed by atoms with Crippen molar-refractivity contribution in [2.24, 2.45) is 0 Å². The van der Waals surface area contributed by atoms with Gasteiger partial charge in [0.25, 0.3) is 0 Å². The van der Waals surface area contributed by atoms with E-state index in [0.29, 0.717) is 16.1 Å². The number of nitrogens with two attached hydrogens (primary N) is 1. The maximum Gasteiger partial charge on any atom is 0.205 e. The number of aromatic nitrogens is 1. The molecule has 5 rings (SSSR count). The van der Waals surface area contributed by atoms with Crippen molar-refractivity contribution in [2.45, 2.75) is 25.7 Å². The first kappa shape index (κ1) is 19.7. The minimum atomic E-state index is -0.378. The average molecular weight is 433 g/mol. The van der Waals surface area contributed by atoms with E-state index in [1.165, 1.54) is 41.2 Å². The lowest BCUT2D eigenvalue weighted by molar-refractivity contribution is 0.104. The van der Waals surface area contributed by atoms with E-state index in [2.05, 4.69) is 0 Å². The molecule has 2 aromatic carbocycles. The van der Waals surface area contributed by atoms with E-state index in [1.54, 1.807) is 7.11 Å². The van der Waals surface area contributed by atoms with Gasteiger partial charge in [0.1, 0.15) is 21.3 Å². The molecule has 156 valence electrons. The molecule has 0 atom stereocenters. The van der Waals surface area contributed by atoms with Crippen LogP contribution in [0.1, 0.15) is 39.3 Å². The van der Waals surface area contributed by atoms with Crippen LogP contribution in [0.3, 0.4) is 0 Å². The molecule has 0 saturated carbocycles. The Morgan fingerprint density at radius 1 is 1.06 bits per heavy atom.